The number of carbonyl (C=O) groups excluding carboxylic acids is 1. The van der Waals surface area contributed by atoms with Gasteiger partial charge in [-0.1, -0.05) is 20.8 Å². The number of nitrogens with one attached hydrogen (secondary N) is 1. The molecule has 0 saturated heterocycles. The Morgan fingerprint density at radius 2 is 1.97 bits per heavy atom. The van der Waals surface area contributed by atoms with Crippen LogP contribution in [0, 0.1) is 12.8 Å². The number of aromatic nitrogens is 4. The molecule has 0 fully saturated rings. The van der Waals surface area contributed by atoms with E-state index in [2.05, 4.69) is 38.6 Å². The second-order valence-corrected chi connectivity index (χ2v) is 10.8. The van der Waals surface area contributed by atoms with E-state index in [1.807, 2.05) is 13.0 Å². The van der Waals surface area contributed by atoms with E-state index in [4.69, 9.17) is 4.98 Å². The fourth-order valence-electron chi connectivity index (χ4n) is 4.62. The Hall–Kier alpha value is -3.01. The Bertz CT molecular complexity index is 1350. The predicted molar refractivity (Wildman–Crippen MR) is 127 cm³/mol. The van der Waals surface area contributed by atoms with Gasteiger partial charge < -0.3 is 14.8 Å². The van der Waals surface area contributed by atoms with Gasteiger partial charge in [0.25, 0.3) is 5.91 Å². The van der Waals surface area contributed by atoms with Gasteiger partial charge in [-0.2, -0.15) is 0 Å². The zero-order chi connectivity index (χ0) is 24.1. The number of nitrogens with zero attached hydrogens (tertiary/aromatic N) is 5. The third-order valence-corrected chi connectivity index (χ3v) is 7.41. The highest BCUT2D eigenvalue weighted by Gasteiger charge is 2.35. The monoisotopic (exact) mass is 470 g/mol. The summed E-state index contributed by atoms with van der Waals surface area (Å²) in [6.45, 7) is 9.27. The molecular weight excluding hydrogens is 440 g/mol. The average Bonchev–Trinajstić information content (AvgIpc) is 3.13. The van der Waals surface area contributed by atoms with Crippen molar-refractivity contribution in [2.24, 2.45) is 5.92 Å². The minimum atomic E-state index is -3.35. The van der Waals surface area contributed by atoms with Gasteiger partial charge in [0.15, 0.2) is 9.84 Å². The topological polar surface area (TPSA) is 110 Å². The van der Waals surface area contributed by atoms with Crippen LogP contribution in [0.3, 0.4) is 0 Å². The zero-order valence-electron chi connectivity index (χ0n) is 19.9. The highest BCUT2D eigenvalue weighted by Crippen LogP contribution is 2.37. The van der Waals surface area contributed by atoms with Crippen LogP contribution in [0.25, 0.3) is 11.0 Å². The lowest BCUT2D eigenvalue weighted by Gasteiger charge is -2.38. The van der Waals surface area contributed by atoms with Gasteiger partial charge in [-0.05, 0) is 37.0 Å². The molecule has 33 heavy (non-hydrogen) atoms. The first-order valence-corrected chi connectivity index (χ1v) is 13.0. The summed E-state index contributed by atoms with van der Waals surface area (Å²) in [7, 11) is -1.77. The van der Waals surface area contributed by atoms with Gasteiger partial charge >= 0.3 is 0 Å². The van der Waals surface area contributed by atoms with Crippen molar-refractivity contribution in [3.05, 3.63) is 41.0 Å². The first-order chi connectivity index (χ1) is 15.6. The molecule has 1 aromatic carbocycles. The van der Waals surface area contributed by atoms with Crippen molar-refractivity contribution in [3.8, 4) is 0 Å². The summed E-state index contributed by atoms with van der Waals surface area (Å²) in [5.74, 6) is 1.41. The van der Waals surface area contributed by atoms with Crippen molar-refractivity contribution < 1.29 is 13.2 Å². The number of benzene rings is 1. The van der Waals surface area contributed by atoms with Crippen molar-refractivity contribution in [1.29, 1.82) is 0 Å². The second-order valence-electron chi connectivity index (χ2n) is 8.83. The number of fused-ring (bicyclic) bond motifs is 3. The van der Waals surface area contributed by atoms with E-state index in [9.17, 15) is 13.2 Å². The molecule has 0 aliphatic carbocycles. The molecule has 9 nitrogen and oxygen atoms in total. The molecule has 4 rings (SSSR count). The lowest BCUT2D eigenvalue weighted by Crippen LogP contribution is -2.42. The first kappa shape index (κ1) is 23.2. The molecule has 176 valence electrons. The normalized spacial score (nSPS) is 16.3. The number of amides is 1. The lowest BCUT2D eigenvalue weighted by molar-refractivity contribution is 0.0961. The van der Waals surface area contributed by atoms with E-state index in [-0.39, 0.29) is 17.9 Å². The smallest absolute Gasteiger partial charge is 0.254 e. The maximum Gasteiger partial charge on any atom is 0.254 e. The van der Waals surface area contributed by atoms with Gasteiger partial charge in [0.2, 0.25) is 5.95 Å². The van der Waals surface area contributed by atoms with Crippen LogP contribution in [0.15, 0.2) is 23.2 Å². The molecular formula is C23H30N6O3S. The number of hydrogen-bond acceptors (Lipinski definition) is 7. The molecule has 10 heteroatoms. The van der Waals surface area contributed by atoms with Crippen molar-refractivity contribution in [3.63, 3.8) is 0 Å². The molecule has 0 spiro atoms. The van der Waals surface area contributed by atoms with Crippen LogP contribution in [-0.2, 0) is 22.8 Å². The number of imidazole rings is 1. The highest BCUT2D eigenvalue weighted by atomic mass is 32.2. The minimum absolute atomic E-state index is 0.0943. The zero-order valence-corrected chi connectivity index (χ0v) is 20.7. The van der Waals surface area contributed by atoms with Crippen molar-refractivity contribution in [1.82, 2.24) is 24.8 Å². The Balaban J connectivity index is 1.84. The van der Waals surface area contributed by atoms with Crippen LogP contribution >= 0.6 is 0 Å². The summed E-state index contributed by atoms with van der Waals surface area (Å²) < 4.78 is 26.9. The predicted octanol–water partition coefficient (Wildman–Crippen LogP) is 2.68. The largest absolute Gasteiger partial charge is 0.355 e. The first-order valence-electron chi connectivity index (χ1n) is 11.1. The molecule has 0 saturated carbocycles. The summed E-state index contributed by atoms with van der Waals surface area (Å²) in [4.78, 5) is 28.6. The summed E-state index contributed by atoms with van der Waals surface area (Å²) in [5.41, 5.74) is 3.48. The Labute approximate surface area is 194 Å². The van der Waals surface area contributed by atoms with Crippen molar-refractivity contribution in [2.75, 3.05) is 24.7 Å². The SMILES string of the molecule is CCc1cc2nc3n(c2cc1S(C)(=O)=O)CCN(c1ncc(C(=O)NC)c(C)n1)[C@@H]3C(C)C. The van der Waals surface area contributed by atoms with Gasteiger partial charge in [0.05, 0.1) is 33.2 Å². The van der Waals surface area contributed by atoms with E-state index >= 15 is 0 Å². The van der Waals surface area contributed by atoms with Crippen LogP contribution in [0.1, 0.15) is 54.3 Å². The molecule has 1 aliphatic heterocycles. The molecule has 0 radical (unpaired) electrons. The Morgan fingerprint density at radius 3 is 2.55 bits per heavy atom. The molecule has 3 heterocycles. The number of sulfone groups is 1. The van der Waals surface area contributed by atoms with Crippen LogP contribution < -0.4 is 10.2 Å². The number of rotatable bonds is 5. The van der Waals surface area contributed by atoms with E-state index in [1.165, 1.54) is 6.26 Å². The third kappa shape index (κ3) is 3.96. The summed E-state index contributed by atoms with van der Waals surface area (Å²) in [5, 5.41) is 2.61. The van der Waals surface area contributed by atoms with E-state index in [1.54, 1.807) is 26.2 Å². The number of anilines is 1. The number of carbonyl (C=O) groups is 1. The van der Waals surface area contributed by atoms with Crippen LogP contribution in [0.5, 0.6) is 0 Å². The summed E-state index contributed by atoms with van der Waals surface area (Å²) >= 11 is 0. The molecule has 1 atom stereocenters. The Morgan fingerprint density at radius 1 is 1.24 bits per heavy atom. The summed E-state index contributed by atoms with van der Waals surface area (Å²) in [6.07, 6.45) is 3.43. The standard InChI is InChI=1S/C23H30N6O3S/c1-7-15-10-17-18(11-19(15)33(6,31)32)28-8-9-29(20(13(2)3)21(28)27-17)23-25-12-16(14(4)26-23)22(30)24-5/h10-13,20H,7-9H2,1-6H3,(H,24,30)/t20-/m1/s1. The van der Waals surface area contributed by atoms with E-state index in [0.717, 1.165) is 22.4 Å². The average molecular weight is 471 g/mol. The van der Waals surface area contributed by atoms with Crippen molar-refractivity contribution in [2.45, 2.75) is 51.6 Å². The molecule has 1 aliphatic rings. The van der Waals surface area contributed by atoms with E-state index in [0.29, 0.717) is 41.6 Å². The molecule has 3 aromatic rings. The van der Waals surface area contributed by atoms with Crippen molar-refractivity contribution >= 4 is 32.7 Å². The fraction of sp³-hybridized carbons (Fsp3) is 0.478. The summed E-state index contributed by atoms with van der Waals surface area (Å²) in [6, 6.07) is 3.58. The maximum atomic E-state index is 12.4. The van der Waals surface area contributed by atoms with Crippen LogP contribution in [0.2, 0.25) is 0 Å². The number of aryl methyl sites for hydroxylation is 2. The van der Waals surface area contributed by atoms with Gasteiger partial charge in [0, 0.05) is 32.6 Å². The maximum absolute atomic E-state index is 12.4. The van der Waals surface area contributed by atoms with Gasteiger partial charge in [-0.25, -0.2) is 23.4 Å². The third-order valence-electron chi connectivity index (χ3n) is 6.23. The molecule has 0 bridgehead atoms. The molecule has 0 unspecified atom stereocenters. The van der Waals surface area contributed by atoms with Crippen LogP contribution in [-0.4, -0.2) is 53.7 Å². The van der Waals surface area contributed by atoms with E-state index < -0.39 is 9.84 Å². The Kier molecular flexibility index (Phi) is 5.90. The quantitative estimate of drug-likeness (QED) is 0.610. The van der Waals surface area contributed by atoms with Gasteiger partial charge in [-0.3, -0.25) is 4.79 Å². The minimum Gasteiger partial charge on any atom is -0.355 e. The molecule has 1 amide bonds. The lowest BCUT2D eigenvalue weighted by atomic mass is 10.00. The van der Waals surface area contributed by atoms with Crippen LogP contribution in [0.4, 0.5) is 5.95 Å². The van der Waals surface area contributed by atoms with Gasteiger partial charge in [0.1, 0.15) is 5.82 Å². The molecule has 2 aromatic heterocycles. The molecule has 1 N–H and O–H groups in total. The highest BCUT2D eigenvalue weighted by molar-refractivity contribution is 7.90. The van der Waals surface area contributed by atoms with Gasteiger partial charge in [-0.15, -0.1) is 0 Å². The number of hydrogen-bond donors (Lipinski definition) is 1. The second kappa shape index (κ2) is 8.40. The fourth-order valence-corrected chi connectivity index (χ4v) is 5.62.